The zero-order valence-corrected chi connectivity index (χ0v) is 22.1. The first kappa shape index (κ1) is 25.7. The first-order chi connectivity index (χ1) is 17.8. The number of anilines is 2. The van der Waals surface area contributed by atoms with Crippen LogP contribution in [0.15, 0.2) is 41.3 Å². The number of carbonyl (C=O) groups is 2. The molecule has 2 saturated heterocycles. The van der Waals surface area contributed by atoms with Gasteiger partial charge in [-0.05, 0) is 68.0 Å². The molecule has 2 heterocycles. The number of carbonyl (C=O) groups excluding carboxylic acids is 2. The van der Waals surface area contributed by atoms with Gasteiger partial charge in [0.05, 0.1) is 21.9 Å². The minimum atomic E-state index is -3.45. The average molecular weight is 528 g/mol. The van der Waals surface area contributed by atoms with Crippen LogP contribution in [0.5, 0.6) is 0 Å². The molecule has 2 aliphatic heterocycles. The summed E-state index contributed by atoms with van der Waals surface area (Å²) in [6, 6.07) is 9.59. The number of hydrogen-bond acceptors (Lipinski definition) is 6. The number of sulfone groups is 1. The molecule has 3 aliphatic rings. The molecule has 0 atom stereocenters. The van der Waals surface area contributed by atoms with E-state index in [0.29, 0.717) is 49.4 Å². The van der Waals surface area contributed by atoms with E-state index in [4.69, 9.17) is 0 Å². The summed E-state index contributed by atoms with van der Waals surface area (Å²) in [5, 5.41) is 0. The number of hydrogen-bond donors (Lipinski definition) is 0. The number of amides is 1. The predicted molar refractivity (Wildman–Crippen MR) is 142 cm³/mol. The highest BCUT2D eigenvalue weighted by Crippen LogP contribution is 2.34. The molecule has 1 saturated carbocycles. The van der Waals surface area contributed by atoms with Gasteiger partial charge in [0, 0.05) is 56.9 Å². The molecule has 9 heteroatoms. The van der Waals surface area contributed by atoms with Gasteiger partial charge in [-0.15, -0.1) is 0 Å². The number of benzene rings is 2. The Morgan fingerprint density at radius 1 is 0.892 bits per heavy atom. The lowest BCUT2D eigenvalue weighted by Crippen LogP contribution is -2.49. The van der Waals surface area contributed by atoms with Gasteiger partial charge in [0.25, 0.3) is 5.91 Å². The van der Waals surface area contributed by atoms with Crippen molar-refractivity contribution in [2.75, 3.05) is 54.8 Å². The van der Waals surface area contributed by atoms with E-state index in [0.717, 1.165) is 44.5 Å². The smallest absolute Gasteiger partial charge is 0.256 e. The SMILES string of the molecule is CCC(=O)c1ccc(N2CCN(C(=O)c3cc(S(=O)(=O)CC4CC4)ccc3N3CCCC3)CC2)c(F)c1. The predicted octanol–water partition coefficient (Wildman–Crippen LogP) is 4.16. The lowest BCUT2D eigenvalue weighted by atomic mass is 10.1. The summed E-state index contributed by atoms with van der Waals surface area (Å²) in [7, 11) is -3.45. The summed E-state index contributed by atoms with van der Waals surface area (Å²) in [5.41, 5.74) is 2.01. The van der Waals surface area contributed by atoms with E-state index in [1.807, 2.05) is 4.90 Å². The van der Waals surface area contributed by atoms with E-state index in [1.165, 1.54) is 6.07 Å². The standard InChI is InChI=1S/C28H34FN3O4S/c1-2-27(33)21-7-9-26(24(29)17-21)31-13-15-32(16-14-31)28(34)23-18-22(37(35,36)19-20-5-6-20)8-10-25(23)30-11-3-4-12-30/h7-10,17-18,20H,2-6,11-16,19H2,1H3. The summed E-state index contributed by atoms with van der Waals surface area (Å²) < 4.78 is 40.8. The van der Waals surface area contributed by atoms with Crippen LogP contribution in [0.3, 0.4) is 0 Å². The average Bonchev–Trinajstić information content (AvgIpc) is 3.54. The van der Waals surface area contributed by atoms with Crippen LogP contribution in [-0.2, 0) is 9.84 Å². The number of nitrogens with zero attached hydrogens (tertiary/aromatic N) is 3. The minimum absolute atomic E-state index is 0.101. The van der Waals surface area contributed by atoms with Gasteiger partial charge < -0.3 is 14.7 Å². The largest absolute Gasteiger partial charge is 0.371 e. The maximum Gasteiger partial charge on any atom is 0.256 e. The molecule has 1 aliphatic carbocycles. The Labute approximate surface area is 218 Å². The molecule has 0 N–H and O–H groups in total. The molecule has 0 radical (unpaired) electrons. The molecular weight excluding hydrogens is 493 g/mol. The van der Waals surface area contributed by atoms with Crippen molar-refractivity contribution in [2.24, 2.45) is 5.92 Å². The van der Waals surface area contributed by atoms with Gasteiger partial charge in [0.1, 0.15) is 5.82 Å². The zero-order valence-electron chi connectivity index (χ0n) is 21.3. The van der Waals surface area contributed by atoms with Gasteiger partial charge in [-0.25, -0.2) is 12.8 Å². The van der Waals surface area contributed by atoms with Crippen molar-refractivity contribution in [2.45, 2.75) is 43.9 Å². The Kier molecular flexibility index (Phi) is 7.25. The Morgan fingerprint density at radius 3 is 2.16 bits per heavy atom. The topological polar surface area (TPSA) is 78.0 Å². The Hall–Kier alpha value is -2.94. The van der Waals surface area contributed by atoms with E-state index in [-0.39, 0.29) is 28.3 Å². The van der Waals surface area contributed by atoms with E-state index < -0.39 is 15.7 Å². The molecule has 0 unspecified atom stereocenters. The fourth-order valence-corrected chi connectivity index (χ4v) is 6.99. The fourth-order valence-electron chi connectivity index (χ4n) is 5.27. The number of Topliss-reactive ketones (excluding diaryl/α,β-unsaturated/α-hetero) is 1. The molecule has 0 spiro atoms. The molecule has 0 aromatic heterocycles. The third kappa shape index (κ3) is 5.51. The Bertz CT molecular complexity index is 1290. The van der Waals surface area contributed by atoms with E-state index in [2.05, 4.69) is 4.90 Å². The quantitative estimate of drug-likeness (QED) is 0.480. The van der Waals surface area contributed by atoms with Crippen LogP contribution in [-0.4, -0.2) is 70.0 Å². The second kappa shape index (κ2) is 10.4. The number of ketones is 1. The molecule has 3 fully saturated rings. The zero-order chi connectivity index (χ0) is 26.2. The van der Waals surface area contributed by atoms with Crippen molar-refractivity contribution in [3.8, 4) is 0 Å². The molecule has 2 aromatic carbocycles. The van der Waals surface area contributed by atoms with Crippen molar-refractivity contribution in [1.29, 1.82) is 0 Å². The summed E-state index contributed by atoms with van der Waals surface area (Å²) in [6.45, 7) is 5.12. The maximum absolute atomic E-state index is 14.8. The first-order valence-corrected chi connectivity index (χ1v) is 14.9. The molecule has 1 amide bonds. The van der Waals surface area contributed by atoms with Crippen molar-refractivity contribution in [3.63, 3.8) is 0 Å². The molecule has 0 bridgehead atoms. The van der Waals surface area contributed by atoms with Gasteiger partial charge in [0.15, 0.2) is 15.6 Å². The van der Waals surface area contributed by atoms with Crippen LogP contribution in [0.4, 0.5) is 15.8 Å². The molecular formula is C28H34FN3O4S. The van der Waals surface area contributed by atoms with Crippen LogP contribution >= 0.6 is 0 Å². The van der Waals surface area contributed by atoms with Gasteiger partial charge >= 0.3 is 0 Å². The van der Waals surface area contributed by atoms with Crippen LogP contribution in [0.25, 0.3) is 0 Å². The van der Waals surface area contributed by atoms with Crippen molar-refractivity contribution < 1.29 is 22.4 Å². The van der Waals surface area contributed by atoms with Crippen LogP contribution in [0.1, 0.15) is 59.7 Å². The lowest BCUT2D eigenvalue weighted by molar-refractivity contribution is 0.0746. The second-order valence-corrected chi connectivity index (χ2v) is 12.4. The Morgan fingerprint density at radius 2 is 1.54 bits per heavy atom. The highest BCUT2D eigenvalue weighted by atomic mass is 32.2. The number of rotatable bonds is 8. The summed E-state index contributed by atoms with van der Waals surface area (Å²) >= 11 is 0. The fraction of sp³-hybridized carbons (Fsp3) is 0.500. The van der Waals surface area contributed by atoms with E-state index >= 15 is 0 Å². The molecule has 198 valence electrons. The Balaban J connectivity index is 1.34. The van der Waals surface area contributed by atoms with Gasteiger partial charge in [0.2, 0.25) is 0 Å². The molecule has 2 aromatic rings. The third-order valence-corrected chi connectivity index (χ3v) is 9.54. The van der Waals surface area contributed by atoms with Crippen LogP contribution in [0.2, 0.25) is 0 Å². The molecule has 37 heavy (non-hydrogen) atoms. The first-order valence-electron chi connectivity index (χ1n) is 13.3. The highest BCUT2D eigenvalue weighted by molar-refractivity contribution is 7.91. The van der Waals surface area contributed by atoms with Crippen LogP contribution in [0, 0.1) is 11.7 Å². The summed E-state index contributed by atoms with van der Waals surface area (Å²) in [5.74, 6) is -0.365. The van der Waals surface area contributed by atoms with Crippen LogP contribution < -0.4 is 9.80 Å². The minimum Gasteiger partial charge on any atom is -0.371 e. The molecule has 5 rings (SSSR count). The summed E-state index contributed by atoms with van der Waals surface area (Å²) in [6.07, 6.45) is 4.30. The summed E-state index contributed by atoms with van der Waals surface area (Å²) in [4.78, 5) is 31.6. The van der Waals surface area contributed by atoms with Gasteiger partial charge in [-0.2, -0.15) is 0 Å². The van der Waals surface area contributed by atoms with Gasteiger partial charge in [-0.3, -0.25) is 9.59 Å². The number of piperazine rings is 1. The van der Waals surface area contributed by atoms with Crippen molar-refractivity contribution >= 4 is 32.9 Å². The van der Waals surface area contributed by atoms with Crippen molar-refractivity contribution in [1.82, 2.24) is 4.90 Å². The van der Waals surface area contributed by atoms with E-state index in [9.17, 15) is 22.4 Å². The third-order valence-electron chi connectivity index (χ3n) is 7.65. The number of halogens is 1. The lowest BCUT2D eigenvalue weighted by Gasteiger charge is -2.37. The monoisotopic (exact) mass is 527 g/mol. The van der Waals surface area contributed by atoms with Gasteiger partial charge in [-0.1, -0.05) is 6.92 Å². The molecule has 7 nitrogen and oxygen atoms in total. The van der Waals surface area contributed by atoms with E-state index in [1.54, 1.807) is 42.2 Å². The second-order valence-electron chi connectivity index (χ2n) is 10.3. The normalized spacial score (nSPS) is 18.4. The van der Waals surface area contributed by atoms with Crippen molar-refractivity contribution in [3.05, 3.63) is 53.3 Å². The maximum atomic E-state index is 14.8. The highest BCUT2D eigenvalue weighted by Gasteiger charge is 2.32.